The average molecular weight is 922 g/mol. The molecule has 0 aliphatic rings. The topological polar surface area (TPSA) is 49.7 Å². The lowest BCUT2D eigenvalue weighted by Crippen LogP contribution is -2.26. The highest BCUT2D eigenvalue weighted by Crippen LogP contribution is 2.43. The van der Waals surface area contributed by atoms with Gasteiger partial charge in [-0.1, -0.05) is 32.0 Å². The maximum Gasteiger partial charge on any atom is 0.180 e. The molecule has 0 radical (unpaired) electrons. The number of hydrogen-bond donors (Lipinski definition) is 2. The zero-order valence-corrected chi connectivity index (χ0v) is 27.9. The van der Waals surface area contributed by atoms with Gasteiger partial charge in [-0.15, -0.1) is 0 Å². The van der Waals surface area contributed by atoms with Crippen LogP contribution in [0, 0.1) is 0 Å². The molecule has 0 aliphatic carbocycles. The van der Waals surface area contributed by atoms with Gasteiger partial charge in [0.1, 0.15) is 11.5 Å². The molecule has 2 aromatic carbocycles. The zero-order valence-electron chi connectivity index (χ0n) is 15.2. The molecule has 3 nitrogen and oxygen atoms in total. The Morgan fingerprint density at radius 3 is 1.55 bits per heavy atom. The molecule has 2 rings (SSSR count). The van der Waals surface area contributed by atoms with E-state index in [1.54, 1.807) is 30.3 Å². The Morgan fingerprint density at radius 2 is 1.21 bits per heavy atom. The summed E-state index contributed by atoms with van der Waals surface area (Å²) in [6, 6.07) is 10.3. The Kier molecular flexibility index (Phi) is 15.8. The minimum absolute atomic E-state index is 0.201. The van der Waals surface area contributed by atoms with Gasteiger partial charge >= 0.3 is 0 Å². The molecular weight excluding hydrogens is 903 g/mol. The summed E-state index contributed by atoms with van der Waals surface area (Å²) in [5.41, 5.74) is 0. The van der Waals surface area contributed by atoms with Crippen LogP contribution in [0.3, 0.4) is 0 Å². The lowest BCUT2D eigenvalue weighted by atomic mass is 10.3. The van der Waals surface area contributed by atoms with E-state index >= 15 is 0 Å². The molecule has 0 unspecified atom stereocenters. The first-order valence-corrected chi connectivity index (χ1v) is 14.3. The van der Waals surface area contributed by atoms with Crippen molar-refractivity contribution in [1.29, 1.82) is 0 Å². The summed E-state index contributed by atoms with van der Waals surface area (Å²) in [5, 5.41) is 17.9. The number of aromatic hydroxyl groups is 2. The Morgan fingerprint density at radius 1 is 0.759 bits per heavy atom. The van der Waals surface area contributed by atoms with Crippen LogP contribution in [0.5, 0.6) is 11.5 Å². The summed E-state index contributed by atoms with van der Waals surface area (Å²) < 4.78 is 7.84. The summed E-state index contributed by atoms with van der Waals surface area (Å²) in [6.07, 6.45) is 1.68. The van der Waals surface area contributed by atoms with Gasteiger partial charge < -0.3 is 14.9 Å². The number of phenols is 2. The largest absolute Gasteiger partial charge is 0.508 e. The molecule has 164 valence electrons. The van der Waals surface area contributed by atoms with Crippen LogP contribution in [-0.2, 0) is 4.74 Å². The van der Waals surface area contributed by atoms with E-state index in [1.165, 1.54) is 0 Å². The molecule has 29 heavy (non-hydrogen) atoms. The average Bonchev–Trinajstić information content (AvgIpc) is 2.66. The first-order chi connectivity index (χ1) is 13.3. The van der Waals surface area contributed by atoms with Crippen LogP contribution >= 0.6 is 127 Å². The molecule has 0 aromatic heterocycles. The minimum Gasteiger partial charge on any atom is -0.508 e. The van der Waals surface area contributed by atoms with Gasteiger partial charge in [0.05, 0.1) is 8.95 Å². The molecule has 0 spiro atoms. The van der Waals surface area contributed by atoms with Crippen molar-refractivity contribution in [3.05, 3.63) is 54.3 Å². The Hall–Kier alpha value is 1.84. The van der Waals surface area contributed by atoms with Crippen LogP contribution in [0.15, 0.2) is 54.3 Å². The Balaban J connectivity index is 0.000000416. The van der Waals surface area contributed by atoms with E-state index < -0.39 is 6.84 Å². The summed E-state index contributed by atoms with van der Waals surface area (Å²) in [4.78, 5) is 0. The second kappa shape index (κ2) is 14.9. The van der Waals surface area contributed by atoms with E-state index in [0.29, 0.717) is 10.2 Å². The third-order valence-electron chi connectivity index (χ3n) is 2.96. The molecule has 0 saturated heterocycles. The van der Waals surface area contributed by atoms with Crippen molar-refractivity contribution >= 4 is 127 Å². The fourth-order valence-electron chi connectivity index (χ4n) is 1.35. The predicted octanol–water partition coefficient (Wildman–Crippen LogP) is 10.5. The zero-order chi connectivity index (χ0) is 22.8. The summed E-state index contributed by atoms with van der Waals surface area (Å²) >= 11 is 26.7. The molecule has 0 fully saturated rings. The normalized spacial score (nSPS) is 11.1. The van der Waals surface area contributed by atoms with E-state index in [9.17, 15) is 5.11 Å². The van der Waals surface area contributed by atoms with Gasteiger partial charge in [0.15, 0.2) is 6.84 Å². The van der Waals surface area contributed by atoms with Crippen molar-refractivity contribution in [1.82, 2.24) is 0 Å². The molecular formula is C18H18Br8O3. The first kappa shape index (κ1) is 30.8. The van der Waals surface area contributed by atoms with Crippen molar-refractivity contribution < 1.29 is 14.9 Å². The first-order valence-electron chi connectivity index (χ1n) is 7.98. The number of phenolic OH excluding ortho intramolecular Hbond substituents is 2. The summed E-state index contributed by atoms with van der Waals surface area (Å²) in [5.74, 6) is 0.523. The van der Waals surface area contributed by atoms with Crippen LogP contribution in [0.25, 0.3) is 0 Å². The van der Waals surface area contributed by atoms with Gasteiger partial charge in [-0.3, -0.25) is 0 Å². The second-order valence-electron chi connectivity index (χ2n) is 5.24. The fraction of sp³-hybridized carbons (Fsp3) is 0.333. The molecule has 0 heterocycles. The van der Waals surface area contributed by atoms with Crippen molar-refractivity contribution in [2.24, 2.45) is 0 Å². The lowest BCUT2D eigenvalue weighted by molar-refractivity contribution is 0.0617. The highest BCUT2D eigenvalue weighted by Gasteiger charge is 2.32. The van der Waals surface area contributed by atoms with Gasteiger partial charge in [-0.05, 0) is 158 Å². The number of halogens is 8. The van der Waals surface area contributed by atoms with Gasteiger partial charge in [-0.25, -0.2) is 0 Å². The molecule has 2 aromatic rings. The van der Waals surface area contributed by atoms with Crippen molar-refractivity contribution in [3.63, 3.8) is 0 Å². The maximum atomic E-state index is 9.28. The van der Waals surface area contributed by atoms with Crippen LogP contribution in [0.4, 0.5) is 0 Å². The van der Waals surface area contributed by atoms with E-state index in [2.05, 4.69) is 127 Å². The van der Waals surface area contributed by atoms with Gasteiger partial charge in [0, 0.05) is 8.95 Å². The van der Waals surface area contributed by atoms with E-state index in [0.717, 1.165) is 26.3 Å². The van der Waals surface area contributed by atoms with E-state index in [4.69, 9.17) is 9.84 Å². The Labute approximate surface area is 238 Å². The lowest BCUT2D eigenvalue weighted by Gasteiger charge is -2.28. The fourth-order valence-corrected chi connectivity index (χ4v) is 5.31. The van der Waals surface area contributed by atoms with Crippen molar-refractivity contribution in [3.8, 4) is 11.5 Å². The highest BCUT2D eigenvalue weighted by atomic mass is 79.9. The number of alkyl halides is 4. The van der Waals surface area contributed by atoms with Gasteiger partial charge in [-0.2, -0.15) is 0 Å². The Bertz CT molecular complexity index is 714. The van der Waals surface area contributed by atoms with Crippen LogP contribution in [-0.4, -0.2) is 17.1 Å². The standard InChI is InChI=1S/C6H2Br4O.C6H10Br4O.C6H6O/c7-2-1-3(11)5(9)6(10)4(2)8;1-3-5(7,8)11-6(9,10)4-2;7-6-4-2-1-3-5-6/h1,11H;3-4H2,1-2H3;1-5,7H. The number of hydrogen-bond acceptors (Lipinski definition) is 3. The molecule has 2 N–H and O–H groups in total. The van der Waals surface area contributed by atoms with Gasteiger partial charge in [0.25, 0.3) is 0 Å². The highest BCUT2D eigenvalue weighted by molar-refractivity contribution is 9.26. The van der Waals surface area contributed by atoms with Crippen molar-refractivity contribution in [2.75, 3.05) is 0 Å². The summed E-state index contributed by atoms with van der Waals surface area (Å²) in [6.45, 7) is 4.05. The quantitative estimate of drug-likeness (QED) is 0.183. The van der Waals surface area contributed by atoms with E-state index in [-0.39, 0.29) is 5.75 Å². The number of benzene rings is 2. The van der Waals surface area contributed by atoms with E-state index in [1.807, 2.05) is 19.9 Å². The molecule has 0 saturated carbocycles. The molecule has 11 heteroatoms. The number of ether oxygens (including phenoxy) is 1. The van der Waals surface area contributed by atoms with Crippen molar-refractivity contribution in [2.45, 2.75) is 33.5 Å². The second-order valence-corrected chi connectivity index (χ2v) is 15.7. The minimum atomic E-state index is -0.441. The summed E-state index contributed by atoms with van der Waals surface area (Å²) in [7, 11) is 0. The smallest absolute Gasteiger partial charge is 0.180 e. The SMILES string of the molecule is CCC(Br)(Br)OC(Br)(Br)CC.Oc1cc(Br)c(Br)c(Br)c1Br.Oc1ccccc1. The number of rotatable bonds is 4. The molecule has 0 aliphatic heterocycles. The van der Waals surface area contributed by atoms with Gasteiger partial charge in [0.2, 0.25) is 0 Å². The van der Waals surface area contributed by atoms with Crippen LogP contribution in [0.2, 0.25) is 0 Å². The third kappa shape index (κ3) is 13.2. The monoisotopic (exact) mass is 913 g/mol. The molecule has 0 bridgehead atoms. The van der Waals surface area contributed by atoms with Crippen LogP contribution < -0.4 is 0 Å². The predicted molar refractivity (Wildman–Crippen MR) is 150 cm³/mol. The van der Waals surface area contributed by atoms with Crippen LogP contribution in [0.1, 0.15) is 26.7 Å². The molecule has 0 amide bonds. The maximum absolute atomic E-state index is 9.28. The third-order valence-corrected chi connectivity index (χ3v) is 10.5. The number of para-hydroxylation sites is 1. The molecule has 0 atom stereocenters.